The van der Waals surface area contributed by atoms with Gasteiger partial charge in [-0.3, -0.25) is 0 Å². The first-order valence-electron chi connectivity index (χ1n) is 18.8. The van der Waals surface area contributed by atoms with Gasteiger partial charge >= 0.3 is 0 Å². The number of rotatable bonds is 6. The lowest BCUT2D eigenvalue weighted by Gasteiger charge is -2.30. The fourth-order valence-electron chi connectivity index (χ4n) is 8.56. The standard InChI is InChI=1S/C52H34N2O/c1-2-16-35(17-3-1)37-19-14-20-38(34-37)53(48-29-12-13-30-49(48)54-46-27-10-6-22-40(46)41-23-7-11-28-47(41)54)45-26-9-8-24-42(45)43-25-15-31-50-51(43)44-33-32-36-18-4-5-21-39(36)52(44)55-50/h1-34H. The Kier molecular flexibility index (Phi) is 7.17. The van der Waals surface area contributed by atoms with Gasteiger partial charge in [-0.2, -0.15) is 0 Å². The molecule has 0 spiro atoms. The van der Waals surface area contributed by atoms with Gasteiger partial charge in [0.2, 0.25) is 0 Å². The molecule has 0 amide bonds. The maximum absolute atomic E-state index is 6.70. The number of hydrogen-bond acceptors (Lipinski definition) is 2. The fourth-order valence-corrected chi connectivity index (χ4v) is 8.56. The average molecular weight is 703 g/mol. The third-order valence-corrected chi connectivity index (χ3v) is 11.0. The second kappa shape index (κ2) is 12.6. The van der Waals surface area contributed by atoms with E-state index in [-0.39, 0.29) is 0 Å². The topological polar surface area (TPSA) is 21.3 Å². The molecule has 2 heterocycles. The molecule has 3 heteroatoms. The molecular formula is C52H34N2O. The molecular weight excluding hydrogens is 669 g/mol. The molecule has 0 N–H and O–H groups in total. The minimum atomic E-state index is 0.877. The zero-order valence-electron chi connectivity index (χ0n) is 29.9. The first-order chi connectivity index (χ1) is 27.3. The van der Waals surface area contributed by atoms with Crippen molar-refractivity contribution in [2.24, 2.45) is 0 Å². The highest BCUT2D eigenvalue weighted by molar-refractivity contribution is 6.20. The molecule has 0 fully saturated rings. The molecule has 0 saturated heterocycles. The Hall–Kier alpha value is -7.36. The van der Waals surface area contributed by atoms with E-state index < -0.39 is 0 Å². The zero-order chi connectivity index (χ0) is 36.3. The number of fused-ring (bicyclic) bond motifs is 8. The summed E-state index contributed by atoms with van der Waals surface area (Å²) < 4.78 is 9.12. The van der Waals surface area contributed by atoms with E-state index in [9.17, 15) is 0 Å². The molecule has 11 rings (SSSR count). The molecule has 0 atom stereocenters. The van der Waals surface area contributed by atoms with Crippen molar-refractivity contribution in [2.75, 3.05) is 4.90 Å². The lowest BCUT2D eigenvalue weighted by molar-refractivity contribution is 0.673. The molecule has 0 aliphatic carbocycles. The van der Waals surface area contributed by atoms with Crippen molar-refractivity contribution in [3.05, 3.63) is 206 Å². The molecule has 3 nitrogen and oxygen atoms in total. The zero-order valence-corrected chi connectivity index (χ0v) is 29.9. The van der Waals surface area contributed by atoms with Crippen molar-refractivity contribution >= 4 is 71.6 Å². The van der Waals surface area contributed by atoms with Gasteiger partial charge in [-0.25, -0.2) is 0 Å². The third kappa shape index (κ3) is 4.98. The monoisotopic (exact) mass is 702 g/mol. The second-order valence-corrected chi connectivity index (χ2v) is 14.1. The van der Waals surface area contributed by atoms with Crippen molar-refractivity contribution in [3.63, 3.8) is 0 Å². The molecule has 0 bridgehead atoms. The summed E-state index contributed by atoms with van der Waals surface area (Å²) in [6.07, 6.45) is 0. The highest BCUT2D eigenvalue weighted by atomic mass is 16.3. The molecule has 0 saturated carbocycles. The molecule has 0 aliphatic rings. The van der Waals surface area contributed by atoms with Gasteiger partial charge in [0.25, 0.3) is 0 Å². The summed E-state index contributed by atoms with van der Waals surface area (Å²) in [5, 5.41) is 6.98. The van der Waals surface area contributed by atoms with E-state index in [1.165, 1.54) is 32.8 Å². The van der Waals surface area contributed by atoms with E-state index in [0.717, 1.165) is 66.8 Å². The maximum atomic E-state index is 6.70. The Labute approximate surface area is 318 Å². The molecule has 9 aromatic carbocycles. The van der Waals surface area contributed by atoms with Gasteiger partial charge < -0.3 is 13.9 Å². The van der Waals surface area contributed by atoms with Crippen molar-refractivity contribution < 1.29 is 4.42 Å². The molecule has 258 valence electrons. The number of benzene rings is 9. The van der Waals surface area contributed by atoms with Gasteiger partial charge in [-0.05, 0) is 76.7 Å². The van der Waals surface area contributed by atoms with Crippen LogP contribution in [0.3, 0.4) is 0 Å². The van der Waals surface area contributed by atoms with Crippen LogP contribution in [-0.4, -0.2) is 4.57 Å². The van der Waals surface area contributed by atoms with Gasteiger partial charge in [0, 0.05) is 38.2 Å². The minimum absolute atomic E-state index is 0.877. The van der Waals surface area contributed by atoms with Crippen LogP contribution in [0, 0.1) is 0 Å². The number of furan rings is 1. The summed E-state index contributed by atoms with van der Waals surface area (Å²) in [6.45, 7) is 0. The predicted octanol–water partition coefficient (Wildman–Crippen LogP) is 14.6. The van der Waals surface area contributed by atoms with Crippen LogP contribution in [0.15, 0.2) is 211 Å². The van der Waals surface area contributed by atoms with Crippen molar-refractivity contribution in [1.29, 1.82) is 0 Å². The number of hydrogen-bond donors (Lipinski definition) is 0. The lowest BCUT2D eigenvalue weighted by atomic mass is 9.96. The van der Waals surface area contributed by atoms with Gasteiger partial charge in [0.05, 0.1) is 28.1 Å². The largest absolute Gasteiger partial charge is 0.455 e. The molecule has 11 aromatic rings. The minimum Gasteiger partial charge on any atom is -0.455 e. The van der Waals surface area contributed by atoms with Crippen LogP contribution in [0.2, 0.25) is 0 Å². The molecule has 0 aliphatic heterocycles. The number of anilines is 3. The maximum Gasteiger partial charge on any atom is 0.143 e. The van der Waals surface area contributed by atoms with Crippen LogP contribution < -0.4 is 4.90 Å². The van der Waals surface area contributed by atoms with Crippen LogP contribution in [0.25, 0.3) is 82.5 Å². The first kappa shape index (κ1) is 31.2. The van der Waals surface area contributed by atoms with Gasteiger partial charge in [-0.1, -0.05) is 152 Å². The van der Waals surface area contributed by atoms with E-state index in [2.05, 4.69) is 216 Å². The smallest absolute Gasteiger partial charge is 0.143 e. The summed E-state index contributed by atoms with van der Waals surface area (Å²) in [7, 11) is 0. The highest BCUT2D eigenvalue weighted by Crippen LogP contribution is 2.48. The third-order valence-electron chi connectivity index (χ3n) is 11.0. The van der Waals surface area contributed by atoms with Gasteiger partial charge in [0.15, 0.2) is 0 Å². The Morgan fingerprint density at radius 3 is 1.84 bits per heavy atom. The van der Waals surface area contributed by atoms with E-state index in [4.69, 9.17) is 4.42 Å². The molecule has 55 heavy (non-hydrogen) atoms. The second-order valence-electron chi connectivity index (χ2n) is 14.1. The Balaban J connectivity index is 1.21. The molecule has 2 aromatic heterocycles. The van der Waals surface area contributed by atoms with E-state index >= 15 is 0 Å². The summed E-state index contributed by atoms with van der Waals surface area (Å²) in [5.41, 5.74) is 13.0. The quantitative estimate of drug-likeness (QED) is 0.172. The van der Waals surface area contributed by atoms with Gasteiger partial charge in [-0.15, -0.1) is 0 Å². The van der Waals surface area contributed by atoms with Crippen LogP contribution in [0.1, 0.15) is 0 Å². The lowest BCUT2D eigenvalue weighted by Crippen LogP contribution is -2.14. The normalized spacial score (nSPS) is 11.6. The van der Waals surface area contributed by atoms with Crippen LogP contribution >= 0.6 is 0 Å². The van der Waals surface area contributed by atoms with E-state index in [1.54, 1.807) is 0 Å². The van der Waals surface area contributed by atoms with Crippen LogP contribution in [0.5, 0.6) is 0 Å². The van der Waals surface area contributed by atoms with Crippen LogP contribution in [-0.2, 0) is 0 Å². The summed E-state index contributed by atoms with van der Waals surface area (Å²) >= 11 is 0. The summed E-state index contributed by atoms with van der Waals surface area (Å²) in [5.74, 6) is 0. The van der Waals surface area contributed by atoms with Crippen molar-refractivity contribution in [1.82, 2.24) is 4.57 Å². The summed E-state index contributed by atoms with van der Waals surface area (Å²) in [6, 6.07) is 73.9. The number of para-hydroxylation sites is 5. The Bertz CT molecular complexity index is 3170. The predicted molar refractivity (Wildman–Crippen MR) is 231 cm³/mol. The fraction of sp³-hybridized carbons (Fsp3) is 0. The Morgan fingerprint density at radius 1 is 0.400 bits per heavy atom. The number of nitrogens with zero attached hydrogens (tertiary/aromatic N) is 2. The van der Waals surface area contributed by atoms with Gasteiger partial charge in [0.1, 0.15) is 11.2 Å². The first-order valence-corrected chi connectivity index (χ1v) is 18.8. The van der Waals surface area contributed by atoms with Crippen LogP contribution in [0.4, 0.5) is 17.1 Å². The molecule has 0 unspecified atom stereocenters. The van der Waals surface area contributed by atoms with Crippen molar-refractivity contribution in [3.8, 4) is 27.9 Å². The van der Waals surface area contributed by atoms with Crippen molar-refractivity contribution in [2.45, 2.75) is 0 Å². The Morgan fingerprint density at radius 2 is 1.02 bits per heavy atom. The van der Waals surface area contributed by atoms with E-state index in [1.807, 2.05) is 0 Å². The highest BCUT2D eigenvalue weighted by Gasteiger charge is 2.24. The summed E-state index contributed by atoms with van der Waals surface area (Å²) in [4.78, 5) is 2.44. The SMILES string of the molecule is c1ccc(-c2cccc(N(c3ccccc3-c3cccc4oc5c6ccccc6ccc5c34)c3ccccc3-n3c4ccccc4c4ccccc43)c2)cc1. The van der Waals surface area contributed by atoms with E-state index in [0.29, 0.717) is 0 Å². The molecule has 0 radical (unpaired) electrons. The number of aromatic nitrogens is 1. The average Bonchev–Trinajstić information content (AvgIpc) is 3.81.